The summed E-state index contributed by atoms with van der Waals surface area (Å²) in [6, 6.07) is 3.64. The fourth-order valence-corrected chi connectivity index (χ4v) is 1.50. The van der Waals surface area contributed by atoms with Crippen LogP contribution in [0.2, 0.25) is 0 Å². The number of rotatable bonds is 1. The number of benzene rings is 1. The number of hydrogen-bond donors (Lipinski definition) is 2. The van der Waals surface area contributed by atoms with Gasteiger partial charge in [0.25, 0.3) is 0 Å². The highest BCUT2D eigenvalue weighted by atomic mass is 79.9. The van der Waals surface area contributed by atoms with Crippen molar-refractivity contribution >= 4 is 34.2 Å². The molecule has 1 aromatic carbocycles. The largest absolute Gasteiger partial charge is 0.496 e. The molecule has 1 aromatic rings. The zero-order chi connectivity index (χ0) is 8.43. The van der Waals surface area contributed by atoms with E-state index in [0.717, 1.165) is 4.47 Å². The van der Waals surface area contributed by atoms with Crippen LogP contribution in [0.25, 0.3) is 0 Å². The van der Waals surface area contributed by atoms with Crippen molar-refractivity contribution in [1.82, 2.24) is 0 Å². The van der Waals surface area contributed by atoms with Crippen LogP contribution in [-0.4, -0.2) is 7.11 Å². The fraction of sp³-hybridized carbons (Fsp3) is 0.143. The Hall–Kier alpha value is -0.350. The lowest BCUT2D eigenvalue weighted by Gasteiger charge is -2.06. The van der Waals surface area contributed by atoms with E-state index in [4.69, 9.17) is 10.5 Å². The molecule has 0 aliphatic rings. The second kappa shape index (κ2) is 3.36. The Morgan fingerprint density at radius 3 is 2.73 bits per heavy atom. The van der Waals surface area contributed by atoms with Crippen molar-refractivity contribution in [3.05, 3.63) is 16.6 Å². The molecule has 0 spiro atoms. The van der Waals surface area contributed by atoms with E-state index in [0.29, 0.717) is 16.3 Å². The number of thiol groups is 1. The molecule has 4 heteroatoms. The van der Waals surface area contributed by atoms with E-state index >= 15 is 0 Å². The highest BCUT2D eigenvalue weighted by molar-refractivity contribution is 9.10. The van der Waals surface area contributed by atoms with Gasteiger partial charge in [0, 0.05) is 4.47 Å². The van der Waals surface area contributed by atoms with Gasteiger partial charge in [0.2, 0.25) is 0 Å². The summed E-state index contributed by atoms with van der Waals surface area (Å²) in [6.45, 7) is 0. The molecule has 0 aliphatic carbocycles. The SMILES string of the molecule is COc1ccc(Br)c(N)c1S. The molecule has 2 N–H and O–H groups in total. The van der Waals surface area contributed by atoms with E-state index in [1.54, 1.807) is 7.11 Å². The number of hydrogen-bond acceptors (Lipinski definition) is 3. The molecule has 0 saturated carbocycles. The minimum atomic E-state index is 0.604. The number of nitrogen functional groups attached to an aromatic ring is 1. The van der Waals surface area contributed by atoms with Gasteiger partial charge in [0.15, 0.2) is 0 Å². The molecule has 0 heterocycles. The zero-order valence-electron chi connectivity index (χ0n) is 5.97. The van der Waals surface area contributed by atoms with Crippen LogP contribution in [0.1, 0.15) is 0 Å². The first kappa shape index (κ1) is 8.74. The normalized spacial score (nSPS) is 9.73. The third-order valence-electron chi connectivity index (χ3n) is 1.35. The van der Waals surface area contributed by atoms with Gasteiger partial charge in [0.1, 0.15) is 5.75 Å². The molecule has 11 heavy (non-hydrogen) atoms. The van der Waals surface area contributed by atoms with Gasteiger partial charge in [-0.2, -0.15) is 0 Å². The van der Waals surface area contributed by atoms with Crippen molar-refractivity contribution in [3.63, 3.8) is 0 Å². The van der Waals surface area contributed by atoms with E-state index in [2.05, 4.69) is 28.6 Å². The second-order valence-corrected chi connectivity index (χ2v) is 3.31. The van der Waals surface area contributed by atoms with E-state index in [9.17, 15) is 0 Å². The van der Waals surface area contributed by atoms with Gasteiger partial charge in [-0.25, -0.2) is 0 Å². The smallest absolute Gasteiger partial charge is 0.134 e. The number of halogens is 1. The van der Waals surface area contributed by atoms with E-state index < -0.39 is 0 Å². The number of methoxy groups -OCH3 is 1. The summed E-state index contributed by atoms with van der Waals surface area (Å²) < 4.78 is 5.84. The van der Waals surface area contributed by atoms with E-state index in [-0.39, 0.29) is 0 Å². The van der Waals surface area contributed by atoms with Crippen LogP contribution in [-0.2, 0) is 0 Å². The highest BCUT2D eigenvalue weighted by Crippen LogP contribution is 2.33. The molecule has 0 amide bonds. The summed E-state index contributed by atoms with van der Waals surface area (Å²) in [7, 11) is 1.59. The maximum absolute atomic E-state index is 5.65. The summed E-state index contributed by atoms with van der Waals surface area (Å²) in [5, 5.41) is 0. The van der Waals surface area contributed by atoms with Crippen molar-refractivity contribution in [1.29, 1.82) is 0 Å². The summed E-state index contributed by atoms with van der Waals surface area (Å²) in [5.41, 5.74) is 6.26. The summed E-state index contributed by atoms with van der Waals surface area (Å²) in [4.78, 5) is 0.668. The summed E-state index contributed by atoms with van der Waals surface area (Å²) in [6.07, 6.45) is 0. The zero-order valence-corrected chi connectivity index (χ0v) is 8.45. The lowest BCUT2D eigenvalue weighted by Crippen LogP contribution is -1.92. The molecule has 0 bridgehead atoms. The van der Waals surface area contributed by atoms with Crippen LogP contribution in [0.3, 0.4) is 0 Å². The Morgan fingerprint density at radius 2 is 2.18 bits per heavy atom. The van der Waals surface area contributed by atoms with Gasteiger partial charge in [0.05, 0.1) is 17.7 Å². The first-order valence-electron chi connectivity index (χ1n) is 2.97. The molecule has 0 aromatic heterocycles. The Balaban J connectivity index is 3.25. The average Bonchev–Trinajstić information content (AvgIpc) is 2.01. The van der Waals surface area contributed by atoms with Crippen LogP contribution >= 0.6 is 28.6 Å². The molecule has 0 atom stereocenters. The predicted molar refractivity (Wildman–Crippen MR) is 52.4 cm³/mol. The van der Waals surface area contributed by atoms with E-state index in [1.165, 1.54) is 0 Å². The van der Waals surface area contributed by atoms with Crippen molar-refractivity contribution < 1.29 is 4.74 Å². The average molecular weight is 234 g/mol. The Bertz CT molecular complexity index is 277. The summed E-state index contributed by atoms with van der Waals surface area (Å²) >= 11 is 7.46. The molecule has 0 unspecified atom stereocenters. The molecule has 60 valence electrons. The van der Waals surface area contributed by atoms with Gasteiger partial charge in [-0.1, -0.05) is 0 Å². The van der Waals surface area contributed by atoms with Gasteiger partial charge in [-0.05, 0) is 28.1 Å². The molecular formula is C7H8BrNOS. The second-order valence-electron chi connectivity index (χ2n) is 2.01. The van der Waals surface area contributed by atoms with E-state index in [1.807, 2.05) is 12.1 Å². The quantitative estimate of drug-likeness (QED) is 0.577. The lowest BCUT2D eigenvalue weighted by molar-refractivity contribution is 0.405. The Morgan fingerprint density at radius 1 is 1.55 bits per heavy atom. The molecule has 2 nitrogen and oxygen atoms in total. The molecule has 0 saturated heterocycles. The maximum atomic E-state index is 5.65. The molecule has 0 fully saturated rings. The first-order valence-corrected chi connectivity index (χ1v) is 4.21. The van der Waals surface area contributed by atoms with Crippen LogP contribution < -0.4 is 10.5 Å². The van der Waals surface area contributed by atoms with Gasteiger partial charge in [-0.15, -0.1) is 12.6 Å². The molecule has 0 aliphatic heterocycles. The third-order valence-corrected chi connectivity index (χ3v) is 2.50. The highest BCUT2D eigenvalue weighted by Gasteiger charge is 2.04. The predicted octanol–water partition coefficient (Wildman–Crippen LogP) is 2.33. The topological polar surface area (TPSA) is 35.2 Å². The maximum Gasteiger partial charge on any atom is 0.134 e. The first-order chi connectivity index (χ1) is 5.16. The van der Waals surface area contributed by atoms with Gasteiger partial charge >= 0.3 is 0 Å². The lowest BCUT2D eigenvalue weighted by atomic mass is 10.3. The third kappa shape index (κ3) is 1.62. The van der Waals surface area contributed by atoms with Crippen LogP contribution in [0.4, 0.5) is 5.69 Å². The number of ether oxygens (including phenoxy) is 1. The van der Waals surface area contributed by atoms with Crippen molar-refractivity contribution in [2.75, 3.05) is 12.8 Å². The number of anilines is 1. The minimum Gasteiger partial charge on any atom is -0.496 e. The van der Waals surface area contributed by atoms with Gasteiger partial charge in [-0.3, -0.25) is 0 Å². The molecular weight excluding hydrogens is 226 g/mol. The number of nitrogens with two attached hydrogens (primary N) is 1. The van der Waals surface area contributed by atoms with Crippen molar-refractivity contribution in [2.45, 2.75) is 4.90 Å². The molecule has 0 radical (unpaired) electrons. The fourth-order valence-electron chi connectivity index (χ4n) is 0.728. The summed E-state index contributed by atoms with van der Waals surface area (Å²) in [5.74, 6) is 0.689. The standard InChI is InChI=1S/C7H8BrNOS/c1-10-5-3-2-4(8)6(9)7(5)11/h2-3,11H,9H2,1H3. The van der Waals surface area contributed by atoms with Crippen LogP contribution in [0, 0.1) is 0 Å². The van der Waals surface area contributed by atoms with Crippen LogP contribution in [0.15, 0.2) is 21.5 Å². The van der Waals surface area contributed by atoms with Crippen molar-refractivity contribution in [2.24, 2.45) is 0 Å². The Kier molecular flexibility index (Phi) is 2.67. The van der Waals surface area contributed by atoms with Gasteiger partial charge < -0.3 is 10.5 Å². The monoisotopic (exact) mass is 233 g/mol. The minimum absolute atomic E-state index is 0.604. The molecule has 1 rings (SSSR count). The van der Waals surface area contributed by atoms with Crippen molar-refractivity contribution in [3.8, 4) is 5.75 Å². The Labute approximate surface area is 79.3 Å². The van der Waals surface area contributed by atoms with Crippen LogP contribution in [0.5, 0.6) is 5.75 Å².